The Morgan fingerprint density at radius 3 is 2.81 bits per heavy atom. The van der Waals surface area contributed by atoms with Crippen molar-refractivity contribution in [1.29, 1.82) is 0 Å². The lowest BCUT2D eigenvalue weighted by Gasteiger charge is -2.06. The zero-order chi connectivity index (χ0) is 14.8. The van der Waals surface area contributed by atoms with Crippen LogP contribution in [0.25, 0.3) is 11.0 Å². The summed E-state index contributed by atoms with van der Waals surface area (Å²) >= 11 is 0. The van der Waals surface area contributed by atoms with Gasteiger partial charge in [-0.15, -0.1) is 0 Å². The summed E-state index contributed by atoms with van der Waals surface area (Å²) in [5.74, 6) is -0.0677. The van der Waals surface area contributed by atoms with Gasteiger partial charge in [-0.25, -0.2) is 0 Å². The van der Waals surface area contributed by atoms with Gasteiger partial charge in [-0.1, -0.05) is 18.2 Å². The Morgan fingerprint density at radius 2 is 2.05 bits per heavy atom. The van der Waals surface area contributed by atoms with Gasteiger partial charge < -0.3 is 5.32 Å². The van der Waals surface area contributed by atoms with Crippen LogP contribution in [0, 0.1) is 6.92 Å². The number of hydrogen-bond donors (Lipinski definition) is 1. The van der Waals surface area contributed by atoms with Gasteiger partial charge in [-0.05, 0) is 19.1 Å². The molecule has 0 radical (unpaired) electrons. The van der Waals surface area contributed by atoms with Crippen LogP contribution in [0.1, 0.15) is 16.1 Å². The van der Waals surface area contributed by atoms with Crippen LogP contribution < -0.4 is 5.32 Å². The fourth-order valence-electron chi connectivity index (χ4n) is 2.45. The molecule has 6 nitrogen and oxygen atoms in total. The molecule has 0 unspecified atom stereocenters. The molecule has 1 amide bonds. The number of amides is 1. The van der Waals surface area contributed by atoms with E-state index in [1.807, 2.05) is 41.5 Å². The van der Waals surface area contributed by atoms with Crippen LogP contribution in [0.3, 0.4) is 0 Å². The Kier molecular flexibility index (Phi) is 3.43. The number of aryl methyl sites for hydroxylation is 2. The Labute approximate surface area is 122 Å². The van der Waals surface area contributed by atoms with Crippen molar-refractivity contribution in [2.24, 2.45) is 7.05 Å². The normalized spacial score (nSPS) is 11.0. The summed E-state index contributed by atoms with van der Waals surface area (Å²) < 4.78 is 3.69. The number of aromatic nitrogens is 4. The van der Waals surface area contributed by atoms with Crippen molar-refractivity contribution >= 4 is 16.9 Å². The number of hydrogen-bond acceptors (Lipinski definition) is 3. The molecule has 2 heterocycles. The first-order valence-electron chi connectivity index (χ1n) is 6.85. The highest BCUT2D eigenvalue weighted by atomic mass is 16.1. The van der Waals surface area contributed by atoms with Crippen LogP contribution in [0.15, 0.2) is 36.5 Å². The van der Waals surface area contributed by atoms with Crippen molar-refractivity contribution in [2.75, 3.05) is 6.54 Å². The van der Waals surface area contributed by atoms with Crippen LogP contribution >= 0.6 is 0 Å². The van der Waals surface area contributed by atoms with E-state index in [0.717, 1.165) is 16.7 Å². The Balaban J connectivity index is 1.66. The first-order chi connectivity index (χ1) is 10.2. The zero-order valence-electron chi connectivity index (χ0n) is 12.1. The summed E-state index contributed by atoms with van der Waals surface area (Å²) in [6.07, 6.45) is 1.80. The highest BCUT2D eigenvalue weighted by molar-refractivity contribution is 5.94. The zero-order valence-corrected chi connectivity index (χ0v) is 12.1. The molecule has 0 aliphatic carbocycles. The second kappa shape index (κ2) is 5.40. The largest absolute Gasteiger partial charge is 0.350 e. The van der Waals surface area contributed by atoms with E-state index in [1.165, 1.54) is 0 Å². The highest BCUT2D eigenvalue weighted by Crippen LogP contribution is 2.16. The first-order valence-corrected chi connectivity index (χ1v) is 6.85. The molecule has 21 heavy (non-hydrogen) atoms. The van der Waals surface area contributed by atoms with Gasteiger partial charge in [0.2, 0.25) is 0 Å². The Bertz CT molecular complexity index is 772. The molecular weight excluding hydrogens is 266 g/mol. The lowest BCUT2D eigenvalue weighted by Crippen LogP contribution is -2.27. The first kappa shape index (κ1) is 13.4. The van der Waals surface area contributed by atoms with E-state index in [0.29, 0.717) is 18.7 Å². The van der Waals surface area contributed by atoms with E-state index >= 15 is 0 Å². The van der Waals surface area contributed by atoms with Gasteiger partial charge in [0.1, 0.15) is 11.0 Å². The van der Waals surface area contributed by atoms with Crippen molar-refractivity contribution < 1.29 is 4.79 Å². The maximum absolute atomic E-state index is 12.0. The molecule has 3 rings (SSSR count). The Hall–Kier alpha value is -2.63. The predicted octanol–water partition coefficient (Wildman–Crippen LogP) is 1.51. The number of fused-ring (bicyclic) bond motifs is 1. The molecule has 1 aromatic carbocycles. The van der Waals surface area contributed by atoms with Gasteiger partial charge in [0.05, 0.1) is 18.4 Å². The molecule has 6 heteroatoms. The molecule has 0 saturated carbocycles. The molecule has 108 valence electrons. The number of benzene rings is 1. The number of carbonyl (C=O) groups excluding carboxylic acids is 1. The maximum Gasteiger partial charge on any atom is 0.251 e. The van der Waals surface area contributed by atoms with Crippen molar-refractivity contribution in [3.63, 3.8) is 0 Å². The number of carbonyl (C=O) groups is 1. The lowest BCUT2D eigenvalue weighted by molar-refractivity contribution is 0.0952. The molecule has 0 bridgehead atoms. The molecule has 2 aromatic heterocycles. The third-order valence-corrected chi connectivity index (χ3v) is 3.46. The van der Waals surface area contributed by atoms with Gasteiger partial charge in [0, 0.05) is 19.2 Å². The van der Waals surface area contributed by atoms with Gasteiger partial charge in [0.25, 0.3) is 5.91 Å². The van der Waals surface area contributed by atoms with Gasteiger partial charge >= 0.3 is 0 Å². The average Bonchev–Trinajstić information content (AvgIpc) is 3.03. The van der Waals surface area contributed by atoms with Gasteiger partial charge in [0.15, 0.2) is 0 Å². The molecule has 1 N–H and O–H groups in total. The summed E-state index contributed by atoms with van der Waals surface area (Å²) in [6, 6.07) is 9.19. The van der Waals surface area contributed by atoms with E-state index in [9.17, 15) is 4.79 Å². The molecule has 0 aliphatic rings. The van der Waals surface area contributed by atoms with Gasteiger partial charge in [-0.3, -0.25) is 14.2 Å². The van der Waals surface area contributed by atoms with Crippen molar-refractivity contribution in [1.82, 2.24) is 24.9 Å². The van der Waals surface area contributed by atoms with Crippen LogP contribution in [0.5, 0.6) is 0 Å². The van der Waals surface area contributed by atoms with Crippen molar-refractivity contribution in [3.05, 3.63) is 47.8 Å². The minimum Gasteiger partial charge on any atom is -0.350 e. The third kappa shape index (κ3) is 2.52. The van der Waals surface area contributed by atoms with Crippen molar-refractivity contribution in [2.45, 2.75) is 13.5 Å². The maximum atomic E-state index is 12.0. The van der Waals surface area contributed by atoms with E-state index in [1.54, 1.807) is 18.3 Å². The quantitative estimate of drug-likeness (QED) is 0.789. The number of nitrogens with zero attached hydrogens (tertiary/aromatic N) is 4. The minimum atomic E-state index is -0.0677. The van der Waals surface area contributed by atoms with Crippen LogP contribution in [0.2, 0.25) is 0 Å². The monoisotopic (exact) mass is 283 g/mol. The second-order valence-corrected chi connectivity index (χ2v) is 4.93. The van der Waals surface area contributed by atoms with Crippen LogP contribution in [-0.4, -0.2) is 32.0 Å². The predicted molar refractivity (Wildman–Crippen MR) is 80.0 cm³/mol. The Morgan fingerprint density at radius 1 is 1.29 bits per heavy atom. The molecular formula is C15H17N5O. The SMILES string of the molecule is Cc1nn(C)c2cnn(CCNC(=O)c3ccccc3)c12. The number of nitrogens with one attached hydrogen (secondary N) is 1. The molecule has 0 aliphatic heterocycles. The highest BCUT2D eigenvalue weighted by Gasteiger charge is 2.11. The second-order valence-electron chi connectivity index (χ2n) is 4.93. The van der Waals surface area contributed by atoms with Gasteiger partial charge in [-0.2, -0.15) is 10.2 Å². The fourth-order valence-corrected chi connectivity index (χ4v) is 2.45. The topological polar surface area (TPSA) is 64.7 Å². The molecule has 3 aromatic rings. The van der Waals surface area contributed by atoms with E-state index in [4.69, 9.17) is 0 Å². The third-order valence-electron chi connectivity index (χ3n) is 3.46. The summed E-state index contributed by atoms with van der Waals surface area (Å²) in [6.45, 7) is 3.11. The smallest absolute Gasteiger partial charge is 0.251 e. The summed E-state index contributed by atoms with van der Waals surface area (Å²) in [5, 5.41) is 11.6. The number of rotatable bonds is 4. The van der Waals surface area contributed by atoms with Crippen molar-refractivity contribution in [3.8, 4) is 0 Å². The van der Waals surface area contributed by atoms with Crippen LogP contribution in [0.4, 0.5) is 0 Å². The van der Waals surface area contributed by atoms with E-state index in [-0.39, 0.29) is 5.91 Å². The molecule has 0 atom stereocenters. The van der Waals surface area contributed by atoms with E-state index < -0.39 is 0 Å². The fraction of sp³-hybridized carbons (Fsp3) is 0.267. The van der Waals surface area contributed by atoms with Crippen LogP contribution in [-0.2, 0) is 13.6 Å². The van der Waals surface area contributed by atoms with E-state index in [2.05, 4.69) is 15.5 Å². The molecule has 0 saturated heterocycles. The minimum absolute atomic E-state index is 0.0677. The summed E-state index contributed by atoms with van der Waals surface area (Å²) in [5.41, 5.74) is 3.63. The molecule has 0 spiro atoms. The average molecular weight is 283 g/mol. The lowest BCUT2D eigenvalue weighted by atomic mass is 10.2. The standard InChI is InChI=1S/C15H17N5O/c1-11-14-13(19(2)18-11)10-17-20(14)9-8-16-15(21)12-6-4-3-5-7-12/h3-7,10H,8-9H2,1-2H3,(H,16,21). The summed E-state index contributed by atoms with van der Waals surface area (Å²) in [7, 11) is 1.90. The summed E-state index contributed by atoms with van der Waals surface area (Å²) in [4.78, 5) is 12.0. The molecule has 0 fully saturated rings.